The van der Waals surface area contributed by atoms with Gasteiger partial charge in [0.2, 0.25) is 0 Å². The molecule has 0 amide bonds. The van der Waals surface area contributed by atoms with Crippen LogP contribution in [0.4, 0.5) is 17.4 Å². The van der Waals surface area contributed by atoms with Gasteiger partial charge in [0.05, 0.1) is 6.20 Å². The first-order chi connectivity index (χ1) is 9.72. The Morgan fingerprint density at radius 1 is 1.15 bits per heavy atom. The van der Waals surface area contributed by atoms with Crippen LogP contribution < -0.4 is 11.1 Å². The number of hydrogen-bond acceptors (Lipinski definition) is 5. The minimum atomic E-state index is 0.436. The van der Waals surface area contributed by atoms with E-state index in [1.165, 1.54) is 0 Å². The molecule has 0 atom stereocenters. The Morgan fingerprint density at radius 3 is 2.75 bits per heavy atom. The van der Waals surface area contributed by atoms with Crippen LogP contribution in [0, 0.1) is 6.92 Å². The van der Waals surface area contributed by atoms with Crippen molar-refractivity contribution in [2.45, 2.75) is 6.92 Å². The predicted molar refractivity (Wildman–Crippen MR) is 78.6 cm³/mol. The average molecular weight is 266 g/mol. The molecule has 3 aromatic rings. The largest absolute Gasteiger partial charge is 0.423 e. The van der Waals surface area contributed by atoms with Gasteiger partial charge in [-0.3, -0.25) is 4.98 Å². The molecule has 100 valence electrons. The van der Waals surface area contributed by atoms with Crippen molar-refractivity contribution in [2.75, 3.05) is 11.1 Å². The normalized spacial score (nSPS) is 10.4. The Labute approximate surface area is 116 Å². The van der Waals surface area contributed by atoms with Crippen molar-refractivity contribution in [2.24, 2.45) is 0 Å². The van der Waals surface area contributed by atoms with Gasteiger partial charge in [0.25, 0.3) is 6.01 Å². The number of benzene rings is 1. The summed E-state index contributed by atoms with van der Waals surface area (Å²) in [5, 5.41) is 3.13. The number of pyridine rings is 1. The number of anilines is 3. The zero-order chi connectivity index (χ0) is 13.9. The third kappa shape index (κ3) is 2.47. The second-order valence-corrected chi connectivity index (χ2v) is 4.46. The Kier molecular flexibility index (Phi) is 3.09. The molecule has 0 spiro atoms. The molecule has 0 aliphatic rings. The van der Waals surface area contributed by atoms with Gasteiger partial charge in [-0.2, -0.15) is 0 Å². The van der Waals surface area contributed by atoms with Gasteiger partial charge in [0, 0.05) is 29.3 Å². The van der Waals surface area contributed by atoms with Crippen LogP contribution in [0.1, 0.15) is 5.56 Å². The van der Waals surface area contributed by atoms with Gasteiger partial charge in [0.15, 0.2) is 5.76 Å². The summed E-state index contributed by atoms with van der Waals surface area (Å²) in [7, 11) is 0. The number of nitrogen functional groups attached to an aromatic ring is 1. The summed E-state index contributed by atoms with van der Waals surface area (Å²) < 4.78 is 5.68. The van der Waals surface area contributed by atoms with Crippen LogP contribution in [0.15, 0.2) is 53.3 Å². The molecule has 0 radical (unpaired) electrons. The van der Waals surface area contributed by atoms with E-state index in [-0.39, 0.29) is 0 Å². The van der Waals surface area contributed by atoms with Crippen LogP contribution in [0.5, 0.6) is 0 Å². The van der Waals surface area contributed by atoms with Crippen LogP contribution in [0.2, 0.25) is 0 Å². The van der Waals surface area contributed by atoms with Crippen molar-refractivity contribution >= 4 is 17.4 Å². The van der Waals surface area contributed by atoms with E-state index in [0.29, 0.717) is 17.5 Å². The molecule has 5 heteroatoms. The van der Waals surface area contributed by atoms with E-state index in [0.717, 1.165) is 16.8 Å². The smallest absolute Gasteiger partial charge is 0.299 e. The molecule has 2 aromatic heterocycles. The molecule has 0 fully saturated rings. The molecule has 1 aromatic carbocycles. The zero-order valence-corrected chi connectivity index (χ0v) is 11.0. The predicted octanol–water partition coefficient (Wildman–Crippen LogP) is 3.37. The lowest BCUT2D eigenvalue weighted by atomic mass is 10.2. The highest BCUT2D eigenvalue weighted by Crippen LogP contribution is 2.26. The van der Waals surface area contributed by atoms with Crippen molar-refractivity contribution < 1.29 is 4.42 Å². The third-order valence-electron chi connectivity index (χ3n) is 2.97. The van der Waals surface area contributed by atoms with Crippen molar-refractivity contribution in [1.29, 1.82) is 0 Å². The molecule has 3 N–H and O–H groups in total. The van der Waals surface area contributed by atoms with E-state index >= 15 is 0 Å². The van der Waals surface area contributed by atoms with Gasteiger partial charge in [-0.05, 0) is 36.8 Å². The summed E-state index contributed by atoms with van der Waals surface area (Å²) in [5.41, 5.74) is 9.36. The first-order valence-electron chi connectivity index (χ1n) is 6.22. The maximum Gasteiger partial charge on any atom is 0.299 e. The van der Waals surface area contributed by atoms with Gasteiger partial charge in [-0.1, -0.05) is 6.07 Å². The summed E-state index contributed by atoms with van der Waals surface area (Å²) >= 11 is 0. The molecule has 0 bridgehead atoms. The highest BCUT2D eigenvalue weighted by molar-refractivity contribution is 5.64. The SMILES string of the molecule is Cc1ccc(N)cc1Nc1ncc(-c2ccncc2)o1. The molecular formula is C15H14N4O. The molecule has 0 saturated heterocycles. The maximum atomic E-state index is 5.78. The van der Waals surface area contributed by atoms with Crippen molar-refractivity contribution in [1.82, 2.24) is 9.97 Å². The Balaban J connectivity index is 1.86. The lowest BCUT2D eigenvalue weighted by Gasteiger charge is -2.06. The summed E-state index contributed by atoms with van der Waals surface area (Å²) in [6, 6.07) is 9.84. The maximum absolute atomic E-state index is 5.78. The van der Waals surface area contributed by atoms with Crippen molar-refractivity contribution in [3.05, 3.63) is 54.5 Å². The summed E-state index contributed by atoms with van der Waals surface area (Å²) in [4.78, 5) is 8.19. The molecule has 5 nitrogen and oxygen atoms in total. The van der Waals surface area contributed by atoms with E-state index in [4.69, 9.17) is 10.2 Å². The van der Waals surface area contributed by atoms with Gasteiger partial charge in [0.1, 0.15) is 0 Å². The van der Waals surface area contributed by atoms with Crippen LogP contribution in [0.3, 0.4) is 0 Å². The van der Waals surface area contributed by atoms with Gasteiger partial charge in [-0.15, -0.1) is 0 Å². The zero-order valence-electron chi connectivity index (χ0n) is 11.0. The van der Waals surface area contributed by atoms with Crippen LogP contribution in [0.25, 0.3) is 11.3 Å². The average Bonchev–Trinajstić information content (AvgIpc) is 2.92. The van der Waals surface area contributed by atoms with E-state index in [1.807, 2.05) is 37.3 Å². The monoisotopic (exact) mass is 266 g/mol. The number of rotatable bonds is 3. The topological polar surface area (TPSA) is 77.0 Å². The number of nitrogens with one attached hydrogen (secondary N) is 1. The second-order valence-electron chi connectivity index (χ2n) is 4.46. The molecule has 0 aliphatic heterocycles. The highest BCUT2D eigenvalue weighted by Gasteiger charge is 2.07. The van der Waals surface area contributed by atoms with Gasteiger partial charge in [-0.25, -0.2) is 4.98 Å². The fourth-order valence-electron chi connectivity index (χ4n) is 1.87. The molecule has 0 unspecified atom stereocenters. The number of hydrogen-bond donors (Lipinski definition) is 2. The van der Waals surface area contributed by atoms with Crippen LogP contribution in [-0.4, -0.2) is 9.97 Å². The lowest BCUT2D eigenvalue weighted by Crippen LogP contribution is -1.95. The molecular weight excluding hydrogens is 252 g/mol. The molecule has 2 heterocycles. The number of aryl methyl sites for hydroxylation is 1. The van der Waals surface area contributed by atoms with Crippen LogP contribution in [-0.2, 0) is 0 Å². The lowest BCUT2D eigenvalue weighted by molar-refractivity contribution is 0.592. The first-order valence-corrected chi connectivity index (χ1v) is 6.22. The minimum Gasteiger partial charge on any atom is -0.423 e. The summed E-state index contributed by atoms with van der Waals surface area (Å²) in [6.45, 7) is 1.99. The first kappa shape index (κ1) is 12.2. The fraction of sp³-hybridized carbons (Fsp3) is 0.0667. The van der Waals surface area contributed by atoms with E-state index in [2.05, 4.69) is 15.3 Å². The number of oxazole rings is 1. The number of nitrogens with two attached hydrogens (primary N) is 1. The van der Waals surface area contributed by atoms with E-state index < -0.39 is 0 Å². The standard InChI is InChI=1S/C15H14N4O/c1-10-2-3-12(16)8-13(10)19-15-18-9-14(20-15)11-4-6-17-7-5-11/h2-9H,16H2,1H3,(H,18,19). The summed E-state index contributed by atoms with van der Waals surface area (Å²) in [6.07, 6.45) is 5.11. The van der Waals surface area contributed by atoms with E-state index in [1.54, 1.807) is 18.6 Å². The summed E-state index contributed by atoms with van der Waals surface area (Å²) in [5.74, 6) is 0.691. The molecule has 3 rings (SSSR count). The Bertz CT molecular complexity index is 722. The van der Waals surface area contributed by atoms with Gasteiger partial charge < -0.3 is 15.5 Å². The van der Waals surface area contributed by atoms with Gasteiger partial charge >= 0.3 is 0 Å². The molecule has 0 saturated carbocycles. The fourth-order valence-corrected chi connectivity index (χ4v) is 1.87. The van der Waals surface area contributed by atoms with Crippen LogP contribution >= 0.6 is 0 Å². The van der Waals surface area contributed by atoms with Crippen molar-refractivity contribution in [3.63, 3.8) is 0 Å². The van der Waals surface area contributed by atoms with Crippen molar-refractivity contribution in [3.8, 4) is 11.3 Å². The van der Waals surface area contributed by atoms with E-state index in [9.17, 15) is 0 Å². The Hall–Kier alpha value is -2.82. The Morgan fingerprint density at radius 2 is 1.95 bits per heavy atom. The second kappa shape index (κ2) is 5.05. The quantitative estimate of drug-likeness (QED) is 0.711. The highest BCUT2D eigenvalue weighted by atomic mass is 16.4. The minimum absolute atomic E-state index is 0.436. The molecule has 20 heavy (non-hydrogen) atoms. The third-order valence-corrected chi connectivity index (χ3v) is 2.97. The number of nitrogens with zero attached hydrogens (tertiary/aromatic N) is 2. The molecule has 0 aliphatic carbocycles. The number of aromatic nitrogens is 2.